The molecule has 4 nitrogen and oxygen atoms in total. The molecule has 1 aromatic carbocycles. The van der Waals surface area contributed by atoms with E-state index in [0.29, 0.717) is 29.2 Å². The minimum atomic E-state index is -3.56. The van der Waals surface area contributed by atoms with Crippen LogP contribution < -0.4 is 4.31 Å². The van der Waals surface area contributed by atoms with Crippen LogP contribution in [0.2, 0.25) is 0 Å². The van der Waals surface area contributed by atoms with Gasteiger partial charge in [0.2, 0.25) is 0 Å². The molecule has 5 heteroatoms. The van der Waals surface area contributed by atoms with Crippen LogP contribution in [0.1, 0.15) is 17.7 Å². The lowest BCUT2D eigenvalue weighted by Gasteiger charge is -2.30. The van der Waals surface area contributed by atoms with E-state index in [4.69, 9.17) is 0 Å². The van der Waals surface area contributed by atoms with Gasteiger partial charge in [0, 0.05) is 12.7 Å². The number of aryl methyl sites for hydroxylation is 1. The molecule has 2 aromatic rings. The summed E-state index contributed by atoms with van der Waals surface area (Å²) in [5.41, 5.74) is 3.18. The van der Waals surface area contributed by atoms with Crippen LogP contribution >= 0.6 is 0 Å². The monoisotopic (exact) mass is 300 g/mol. The number of nitrogens with zero attached hydrogens (tertiary/aromatic N) is 2. The fraction of sp³-hybridized carbons (Fsp3) is 0.188. The van der Waals surface area contributed by atoms with Crippen LogP contribution in [0.3, 0.4) is 0 Å². The van der Waals surface area contributed by atoms with Crippen molar-refractivity contribution < 1.29 is 8.42 Å². The van der Waals surface area contributed by atoms with Crippen LogP contribution in [-0.2, 0) is 10.0 Å². The Balaban J connectivity index is 2.10. The molecule has 0 N–H and O–H groups in total. The maximum Gasteiger partial charge on any atom is 0.264 e. The van der Waals surface area contributed by atoms with Gasteiger partial charge in [0.05, 0.1) is 16.3 Å². The van der Waals surface area contributed by atoms with E-state index in [1.54, 1.807) is 42.6 Å². The maximum absolute atomic E-state index is 12.8. The molecule has 0 fully saturated rings. The highest BCUT2D eigenvalue weighted by atomic mass is 32.2. The van der Waals surface area contributed by atoms with Crippen molar-refractivity contribution in [2.75, 3.05) is 10.8 Å². The van der Waals surface area contributed by atoms with Crippen LogP contribution in [0.4, 0.5) is 5.69 Å². The second kappa shape index (κ2) is 5.00. The molecule has 0 radical (unpaired) electrons. The Bertz CT molecular complexity index is 795. The highest BCUT2D eigenvalue weighted by Crippen LogP contribution is 2.35. The van der Waals surface area contributed by atoms with Gasteiger partial charge >= 0.3 is 0 Å². The number of hydrogen-bond acceptors (Lipinski definition) is 3. The third-order valence-corrected chi connectivity index (χ3v) is 5.44. The van der Waals surface area contributed by atoms with Crippen LogP contribution in [0.15, 0.2) is 54.1 Å². The quantitative estimate of drug-likeness (QED) is 0.856. The van der Waals surface area contributed by atoms with Gasteiger partial charge in [0.15, 0.2) is 0 Å². The van der Waals surface area contributed by atoms with Crippen molar-refractivity contribution in [1.29, 1.82) is 0 Å². The Morgan fingerprint density at radius 1 is 1.19 bits per heavy atom. The fourth-order valence-electron chi connectivity index (χ4n) is 2.43. The van der Waals surface area contributed by atoms with Gasteiger partial charge in [-0.1, -0.05) is 24.3 Å². The van der Waals surface area contributed by atoms with Gasteiger partial charge in [0.1, 0.15) is 0 Å². The molecular formula is C16H16N2O2S. The third-order valence-electron chi connectivity index (χ3n) is 3.62. The largest absolute Gasteiger partial charge is 0.264 e. The zero-order valence-corrected chi connectivity index (χ0v) is 12.6. The lowest BCUT2D eigenvalue weighted by molar-refractivity contribution is 0.590. The van der Waals surface area contributed by atoms with Gasteiger partial charge < -0.3 is 0 Å². The topological polar surface area (TPSA) is 50.3 Å². The number of fused-ring (bicyclic) bond motifs is 1. The number of sulfonamides is 1. The minimum absolute atomic E-state index is 0.301. The number of aromatic nitrogens is 1. The van der Waals surface area contributed by atoms with Gasteiger partial charge in [-0.3, -0.25) is 9.29 Å². The van der Waals surface area contributed by atoms with E-state index in [1.165, 1.54) is 4.31 Å². The zero-order valence-electron chi connectivity index (χ0n) is 11.8. The maximum atomic E-state index is 12.8. The van der Waals surface area contributed by atoms with Crippen LogP contribution in [0, 0.1) is 6.92 Å². The fourth-order valence-corrected chi connectivity index (χ4v) is 3.91. The molecule has 21 heavy (non-hydrogen) atoms. The molecule has 0 spiro atoms. The molecule has 2 heterocycles. The summed E-state index contributed by atoms with van der Waals surface area (Å²) in [7, 11) is -3.56. The minimum Gasteiger partial charge on any atom is -0.264 e. The smallest absolute Gasteiger partial charge is 0.264 e. The molecule has 1 aliphatic rings. The van der Waals surface area contributed by atoms with E-state index < -0.39 is 10.0 Å². The van der Waals surface area contributed by atoms with Crippen LogP contribution in [-0.4, -0.2) is 19.9 Å². The van der Waals surface area contributed by atoms with Crippen molar-refractivity contribution in [3.8, 4) is 0 Å². The van der Waals surface area contributed by atoms with Gasteiger partial charge in [-0.25, -0.2) is 8.42 Å². The van der Waals surface area contributed by atoms with E-state index in [0.717, 1.165) is 11.1 Å². The summed E-state index contributed by atoms with van der Waals surface area (Å²) >= 11 is 0. The Labute approximate surface area is 124 Å². The highest BCUT2D eigenvalue weighted by molar-refractivity contribution is 7.92. The van der Waals surface area contributed by atoms with E-state index in [-0.39, 0.29) is 0 Å². The molecule has 0 bridgehead atoms. The molecular weight excluding hydrogens is 284 g/mol. The second-order valence-corrected chi connectivity index (χ2v) is 6.98. The van der Waals surface area contributed by atoms with Crippen molar-refractivity contribution >= 4 is 21.3 Å². The molecule has 1 aliphatic heterocycles. The van der Waals surface area contributed by atoms with Crippen molar-refractivity contribution in [3.05, 3.63) is 60.4 Å². The van der Waals surface area contributed by atoms with Gasteiger partial charge in [-0.2, -0.15) is 0 Å². The second-order valence-electron chi connectivity index (χ2n) is 5.11. The molecule has 3 rings (SSSR count). The molecule has 0 saturated heterocycles. The van der Waals surface area contributed by atoms with Crippen molar-refractivity contribution in [1.82, 2.24) is 4.98 Å². The molecule has 0 atom stereocenters. The van der Waals surface area contributed by atoms with Crippen molar-refractivity contribution in [2.24, 2.45) is 0 Å². The Morgan fingerprint density at radius 2 is 1.90 bits per heavy atom. The average molecular weight is 300 g/mol. The van der Waals surface area contributed by atoms with E-state index in [2.05, 4.69) is 11.6 Å². The Morgan fingerprint density at radius 3 is 2.62 bits per heavy atom. The van der Waals surface area contributed by atoms with Gasteiger partial charge in [-0.05, 0) is 43.2 Å². The lowest BCUT2D eigenvalue weighted by atomic mass is 10.1. The molecule has 0 amide bonds. The van der Waals surface area contributed by atoms with Crippen LogP contribution in [0.5, 0.6) is 0 Å². The molecule has 0 unspecified atom stereocenters. The average Bonchev–Trinajstić information content (AvgIpc) is 2.48. The first-order valence-electron chi connectivity index (χ1n) is 6.73. The number of benzene rings is 1. The zero-order chi connectivity index (χ0) is 15.0. The first-order valence-corrected chi connectivity index (χ1v) is 8.17. The predicted molar refractivity (Wildman–Crippen MR) is 83.6 cm³/mol. The Hall–Kier alpha value is -2.14. The number of pyridine rings is 1. The standard InChI is InChI=1S/C16H16N2O2S/c1-12-5-7-14(8-6-12)21(19,20)18-11-9-13(2)16-15(18)4-3-10-17-16/h3-8,10H,2,9,11H2,1H3. The highest BCUT2D eigenvalue weighted by Gasteiger charge is 2.30. The summed E-state index contributed by atoms with van der Waals surface area (Å²) in [5, 5.41) is 0. The van der Waals surface area contributed by atoms with Crippen LogP contribution in [0.25, 0.3) is 5.57 Å². The van der Waals surface area contributed by atoms with Crippen molar-refractivity contribution in [3.63, 3.8) is 0 Å². The normalized spacial score (nSPS) is 14.9. The first kappa shape index (κ1) is 13.8. The van der Waals surface area contributed by atoms with E-state index >= 15 is 0 Å². The molecule has 0 aliphatic carbocycles. The molecule has 108 valence electrons. The van der Waals surface area contributed by atoms with Gasteiger partial charge in [-0.15, -0.1) is 0 Å². The summed E-state index contributed by atoms with van der Waals surface area (Å²) in [6, 6.07) is 10.4. The summed E-state index contributed by atoms with van der Waals surface area (Å²) < 4.78 is 27.1. The Kier molecular flexibility index (Phi) is 3.29. The SMILES string of the molecule is C=C1CCN(S(=O)(=O)c2ccc(C)cc2)c2cccnc21. The number of anilines is 1. The summed E-state index contributed by atoms with van der Waals surface area (Å²) in [6.07, 6.45) is 2.25. The van der Waals surface area contributed by atoms with E-state index in [9.17, 15) is 8.42 Å². The predicted octanol–water partition coefficient (Wildman–Crippen LogP) is 3.00. The first-order chi connectivity index (χ1) is 10.00. The summed E-state index contributed by atoms with van der Waals surface area (Å²) in [5.74, 6) is 0. The summed E-state index contributed by atoms with van der Waals surface area (Å²) in [4.78, 5) is 4.57. The number of hydrogen-bond donors (Lipinski definition) is 0. The molecule has 1 aromatic heterocycles. The van der Waals surface area contributed by atoms with E-state index in [1.807, 2.05) is 6.92 Å². The molecule has 0 saturated carbocycles. The third kappa shape index (κ3) is 2.34. The summed E-state index contributed by atoms with van der Waals surface area (Å²) in [6.45, 7) is 6.30. The van der Waals surface area contributed by atoms with Gasteiger partial charge in [0.25, 0.3) is 10.0 Å². The van der Waals surface area contributed by atoms with Crippen molar-refractivity contribution in [2.45, 2.75) is 18.2 Å². The lowest BCUT2D eigenvalue weighted by Crippen LogP contribution is -2.35. The number of rotatable bonds is 2.